The number of rotatable bonds is 3. The third-order valence-corrected chi connectivity index (χ3v) is 2.74. The minimum atomic E-state index is 0.456. The predicted molar refractivity (Wildman–Crippen MR) is 71.5 cm³/mol. The molecule has 0 bridgehead atoms. The molecule has 3 aromatic heterocycles. The smallest absolute Gasteiger partial charge is 0.233 e. The Kier molecular flexibility index (Phi) is 3.08. The van der Waals surface area contributed by atoms with Crippen LogP contribution in [0, 0.1) is 6.92 Å². The molecule has 3 rings (SSSR count). The molecular weight excluding hydrogens is 256 g/mol. The summed E-state index contributed by atoms with van der Waals surface area (Å²) in [5.41, 5.74) is 2.40. The van der Waals surface area contributed by atoms with Crippen molar-refractivity contribution in [3.63, 3.8) is 0 Å². The summed E-state index contributed by atoms with van der Waals surface area (Å²) in [5, 5.41) is 12.3. The van der Waals surface area contributed by atoms with Crippen LogP contribution in [0.1, 0.15) is 5.69 Å². The van der Waals surface area contributed by atoms with Crippen LogP contribution in [0.15, 0.2) is 36.8 Å². The minimum absolute atomic E-state index is 0.456. The first-order valence-corrected chi connectivity index (χ1v) is 5.99. The molecule has 0 amide bonds. The third kappa shape index (κ3) is 2.20. The Balaban J connectivity index is 2.02. The van der Waals surface area contributed by atoms with Crippen molar-refractivity contribution < 1.29 is 4.74 Å². The Labute approximate surface area is 115 Å². The fraction of sp³-hybridized carbons (Fsp3) is 0.154. The Morgan fingerprint density at radius 3 is 2.60 bits per heavy atom. The van der Waals surface area contributed by atoms with Gasteiger partial charge in [-0.2, -0.15) is 5.10 Å². The zero-order chi connectivity index (χ0) is 13.9. The maximum absolute atomic E-state index is 4.99. The Morgan fingerprint density at radius 2 is 1.95 bits per heavy atom. The zero-order valence-electron chi connectivity index (χ0n) is 11.1. The molecule has 0 spiro atoms. The number of methoxy groups -OCH3 is 1. The maximum Gasteiger partial charge on any atom is 0.233 e. The van der Waals surface area contributed by atoms with Crippen LogP contribution in [0.3, 0.4) is 0 Å². The van der Waals surface area contributed by atoms with Crippen LogP contribution < -0.4 is 4.74 Å². The van der Waals surface area contributed by atoms with Gasteiger partial charge in [0, 0.05) is 12.3 Å². The first-order valence-electron chi connectivity index (χ1n) is 5.99. The minimum Gasteiger partial charge on any atom is -0.480 e. The molecule has 0 saturated carbocycles. The van der Waals surface area contributed by atoms with Crippen LogP contribution in [0.5, 0.6) is 5.88 Å². The van der Waals surface area contributed by atoms with Gasteiger partial charge in [-0.3, -0.25) is 9.97 Å². The highest BCUT2D eigenvalue weighted by atomic mass is 16.5. The number of hydrogen-bond acceptors (Lipinski definition) is 6. The molecule has 0 radical (unpaired) electrons. The van der Waals surface area contributed by atoms with Gasteiger partial charge in [0.25, 0.3) is 0 Å². The maximum atomic E-state index is 4.99. The highest BCUT2D eigenvalue weighted by Crippen LogP contribution is 2.19. The number of aromatic nitrogens is 6. The lowest BCUT2D eigenvalue weighted by Crippen LogP contribution is -2.04. The van der Waals surface area contributed by atoms with Gasteiger partial charge in [0.2, 0.25) is 5.88 Å². The molecule has 0 aliphatic heterocycles. The summed E-state index contributed by atoms with van der Waals surface area (Å²) >= 11 is 0. The van der Waals surface area contributed by atoms with E-state index in [4.69, 9.17) is 4.74 Å². The second-order valence-corrected chi connectivity index (χ2v) is 4.11. The molecule has 0 aliphatic rings. The van der Waals surface area contributed by atoms with E-state index in [1.54, 1.807) is 42.5 Å². The highest BCUT2D eigenvalue weighted by molar-refractivity contribution is 5.55. The Hall–Kier alpha value is -2.83. The van der Waals surface area contributed by atoms with E-state index in [0.717, 1.165) is 17.1 Å². The van der Waals surface area contributed by atoms with Crippen molar-refractivity contribution in [2.45, 2.75) is 6.92 Å². The summed E-state index contributed by atoms with van der Waals surface area (Å²) < 4.78 is 6.65. The van der Waals surface area contributed by atoms with Crippen molar-refractivity contribution in [2.24, 2.45) is 0 Å². The molecule has 7 nitrogen and oxygen atoms in total. The van der Waals surface area contributed by atoms with E-state index in [2.05, 4.69) is 25.3 Å². The lowest BCUT2D eigenvalue weighted by atomic mass is 10.3. The third-order valence-electron chi connectivity index (χ3n) is 2.74. The monoisotopic (exact) mass is 268 g/mol. The molecule has 0 fully saturated rings. The summed E-state index contributed by atoms with van der Waals surface area (Å²) in [6, 6.07) is 5.36. The second-order valence-electron chi connectivity index (χ2n) is 4.11. The van der Waals surface area contributed by atoms with Gasteiger partial charge < -0.3 is 4.74 Å². The van der Waals surface area contributed by atoms with Crippen LogP contribution in [0.4, 0.5) is 0 Å². The van der Waals surface area contributed by atoms with E-state index >= 15 is 0 Å². The SMILES string of the molecule is COc1ccc(-n2nccc2-c2cnc(C)cn2)nn1. The average molecular weight is 268 g/mol. The molecule has 7 heteroatoms. The highest BCUT2D eigenvalue weighted by Gasteiger charge is 2.10. The van der Waals surface area contributed by atoms with Crippen molar-refractivity contribution in [2.75, 3.05) is 7.11 Å². The van der Waals surface area contributed by atoms with Crippen LogP contribution in [0.2, 0.25) is 0 Å². The molecule has 0 saturated heterocycles. The van der Waals surface area contributed by atoms with Crippen molar-refractivity contribution in [3.8, 4) is 23.1 Å². The van der Waals surface area contributed by atoms with Gasteiger partial charge in [0.1, 0.15) is 5.69 Å². The molecule has 0 atom stereocenters. The molecule has 3 heterocycles. The van der Waals surface area contributed by atoms with Crippen LogP contribution >= 0.6 is 0 Å². The van der Waals surface area contributed by atoms with E-state index in [-0.39, 0.29) is 0 Å². The lowest BCUT2D eigenvalue weighted by molar-refractivity contribution is 0.391. The summed E-state index contributed by atoms with van der Waals surface area (Å²) in [4.78, 5) is 8.58. The van der Waals surface area contributed by atoms with Crippen LogP contribution in [-0.2, 0) is 0 Å². The first-order chi connectivity index (χ1) is 9.78. The molecule has 0 N–H and O–H groups in total. The van der Waals surface area contributed by atoms with Crippen LogP contribution in [-0.4, -0.2) is 37.1 Å². The second kappa shape index (κ2) is 5.04. The number of aryl methyl sites for hydroxylation is 1. The lowest BCUT2D eigenvalue weighted by Gasteiger charge is -2.06. The molecule has 3 aromatic rings. The van der Waals surface area contributed by atoms with Gasteiger partial charge in [-0.05, 0) is 19.1 Å². The van der Waals surface area contributed by atoms with Gasteiger partial charge >= 0.3 is 0 Å². The van der Waals surface area contributed by atoms with Crippen LogP contribution in [0.25, 0.3) is 17.2 Å². The fourth-order valence-electron chi connectivity index (χ4n) is 1.74. The molecule has 0 aromatic carbocycles. The first kappa shape index (κ1) is 12.2. The zero-order valence-corrected chi connectivity index (χ0v) is 11.1. The summed E-state index contributed by atoms with van der Waals surface area (Å²) in [7, 11) is 1.55. The Bertz CT molecular complexity index is 704. The van der Waals surface area contributed by atoms with Gasteiger partial charge in [-0.1, -0.05) is 0 Å². The summed E-state index contributed by atoms with van der Waals surface area (Å²) in [6.45, 7) is 1.89. The van der Waals surface area contributed by atoms with Gasteiger partial charge in [-0.15, -0.1) is 10.2 Å². The fourth-order valence-corrected chi connectivity index (χ4v) is 1.74. The van der Waals surface area contributed by atoms with E-state index < -0.39 is 0 Å². The summed E-state index contributed by atoms with van der Waals surface area (Å²) in [5.74, 6) is 1.05. The predicted octanol–water partition coefficient (Wildman–Crippen LogP) is 1.44. The Morgan fingerprint density at radius 1 is 1.05 bits per heavy atom. The molecule has 20 heavy (non-hydrogen) atoms. The molecule has 0 unspecified atom stereocenters. The quantitative estimate of drug-likeness (QED) is 0.715. The standard InChI is InChI=1S/C13H12N6O/c1-9-7-15-10(8-14-9)11-5-6-16-19(11)12-3-4-13(20-2)18-17-12/h3-8H,1-2H3. The van der Waals surface area contributed by atoms with Crippen molar-refractivity contribution in [3.05, 3.63) is 42.5 Å². The number of ether oxygens (including phenoxy) is 1. The summed E-state index contributed by atoms with van der Waals surface area (Å²) in [6.07, 6.45) is 5.11. The molecule has 0 aliphatic carbocycles. The van der Waals surface area contributed by atoms with Crippen molar-refractivity contribution in [1.29, 1.82) is 0 Å². The van der Waals surface area contributed by atoms with E-state index in [1.165, 1.54) is 0 Å². The van der Waals surface area contributed by atoms with E-state index in [0.29, 0.717) is 11.7 Å². The largest absolute Gasteiger partial charge is 0.480 e. The van der Waals surface area contributed by atoms with E-state index in [9.17, 15) is 0 Å². The van der Waals surface area contributed by atoms with Gasteiger partial charge in [-0.25, -0.2) is 4.68 Å². The topological polar surface area (TPSA) is 78.6 Å². The van der Waals surface area contributed by atoms with Gasteiger partial charge in [0.15, 0.2) is 5.82 Å². The van der Waals surface area contributed by atoms with Crippen molar-refractivity contribution in [1.82, 2.24) is 29.9 Å². The molecule has 100 valence electrons. The van der Waals surface area contributed by atoms with Crippen molar-refractivity contribution >= 4 is 0 Å². The van der Waals surface area contributed by atoms with E-state index in [1.807, 2.05) is 13.0 Å². The number of nitrogens with zero attached hydrogens (tertiary/aromatic N) is 6. The average Bonchev–Trinajstić information content (AvgIpc) is 2.97. The normalized spacial score (nSPS) is 10.5. The number of hydrogen-bond donors (Lipinski definition) is 0. The van der Waals surface area contributed by atoms with Gasteiger partial charge in [0.05, 0.1) is 30.9 Å². The molecular formula is C13H12N6O.